The Kier molecular flexibility index (Phi) is 2.95. The van der Waals surface area contributed by atoms with Gasteiger partial charge in [0.25, 0.3) is 0 Å². The van der Waals surface area contributed by atoms with Crippen LogP contribution < -0.4 is 5.32 Å². The van der Waals surface area contributed by atoms with E-state index in [9.17, 15) is 4.79 Å². The number of likely N-dealkylation sites (tertiary alicyclic amines) is 1. The molecule has 0 saturated carbocycles. The van der Waals surface area contributed by atoms with E-state index < -0.39 is 6.09 Å². The fourth-order valence-electron chi connectivity index (χ4n) is 2.44. The van der Waals surface area contributed by atoms with Gasteiger partial charge in [0.2, 0.25) is 0 Å². The van der Waals surface area contributed by atoms with Crippen molar-refractivity contribution in [3.63, 3.8) is 0 Å². The third-order valence-corrected chi connectivity index (χ3v) is 3.44. The smallest absolute Gasteiger partial charge is 0.407 e. The molecule has 1 fully saturated rings. The molecule has 1 aliphatic rings. The molecule has 1 aliphatic heterocycles. The molecule has 1 aromatic heterocycles. The second kappa shape index (κ2) is 4.76. The Morgan fingerprint density at radius 1 is 1.42 bits per heavy atom. The minimum Gasteiger partial charge on any atom is -0.465 e. The van der Waals surface area contributed by atoms with E-state index in [0.29, 0.717) is 13.1 Å². The van der Waals surface area contributed by atoms with Crippen LogP contribution in [-0.2, 0) is 0 Å². The first-order valence-electron chi connectivity index (χ1n) is 6.31. The van der Waals surface area contributed by atoms with Gasteiger partial charge in [-0.15, -0.1) is 0 Å². The zero-order chi connectivity index (χ0) is 13.2. The second-order valence-corrected chi connectivity index (χ2v) is 4.77. The fraction of sp³-hybridized carbons (Fsp3) is 0.286. The summed E-state index contributed by atoms with van der Waals surface area (Å²) in [6.45, 7) is 1.13. The van der Waals surface area contributed by atoms with Crippen molar-refractivity contribution in [1.29, 1.82) is 0 Å². The molecule has 1 atom stereocenters. The molecule has 1 amide bonds. The van der Waals surface area contributed by atoms with Crippen molar-refractivity contribution in [1.82, 2.24) is 9.88 Å². The Labute approximate surface area is 110 Å². The van der Waals surface area contributed by atoms with E-state index >= 15 is 0 Å². The third-order valence-electron chi connectivity index (χ3n) is 3.44. The van der Waals surface area contributed by atoms with Crippen molar-refractivity contribution in [2.45, 2.75) is 12.5 Å². The Morgan fingerprint density at radius 3 is 3.11 bits per heavy atom. The number of nitrogens with one attached hydrogen (secondary N) is 1. The first-order chi connectivity index (χ1) is 9.22. The first-order valence-corrected chi connectivity index (χ1v) is 6.31. The number of nitrogens with zero attached hydrogens (tertiary/aromatic N) is 2. The van der Waals surface area contributed by atoms with Crippen LogP contribution in [0.25, 0.3) is 10.9 Å². The highest BCUT2D eigenvalue weighted by molar-refractivity contribution is 5.82. The molecule has 19 heavy (non-hydrogen) atoms. The number of anilines is 1. The number of hydrogen-bond acceptors (Lipinski definition) is 3. The van der Waals surface area contributed by atoms with E-state index in [0.717, 1.165) is 23.0 Å². The molecule has 3 rings (SSSR count). The van der Waals surface area contributed by atoms with Crippen molar-refractivity contribution < 1.29 is 9.90 Å². The van der Waals surface area contributed by atoms with Gasteiger partial charge in [0.1, 0.15) is 0 Å². The van der Waals surface area contributed by atoms with Crippen LogP contribution in [0.3, 0.4) is 0 Å². The highest BCUT2D eigenvalue weighted by Crippen LogP contribution is 2.20. The van der Waals surface area contributed by atoms with Gasteiger partial charge in [-0.05, 0) is 24.6 Å². The van der Waals surface area contributed by atoms with Crippen LogP contribution >= 0.6 is 0 Å². The van der Waals surface area contributed by atoms with Crippen LogP contribution in [-0.4, -0.2) is 40.2 Å². The monoisotopic (exact) mass is 257 g/mol. The molecule has 1 unspecified atom stereocenters. The van der Waals surface area contributed by atoms with E-state index in [2.05, 4.69) is 10.3 Å². The maximum Gasteiger partial charge on any atom is 0.407 e. The Bertz CT molecular complexity index is 614. The number of pyridine rings is 1. The number of fused-ring (bicyclic) bond motifs is 1. The average molecular weight is 257 g/mol. The molecular formula is C14H15N3O2. The van der Waals surface area contributed by atoms with Gasteiger partial charge in [-0.3, -0.25) is 4.98 Å². The van der Waals surface area contributed by atoms with Gasteiger partial charge in [-0.25, -0.2) is 4.79 Å². The van der Waals surface area contributed by atoms with Gasteiger partial charge in [-0.2, -0.15) is 0 Å². The van der Waals surface area contributed by atoms with Crippen LogP contribution in [0.5, 0.6) is 0 Å². The van der Waals surface area contributed by atoms with Gasteiger partial charge in [-0.1, -0.05) is 12.1 Å². The minimum absolute atomic E-state index is 0.178. The zero-order valence-corrected chi connectivity index (χ0v) is 10.4. The van der Waals surface area contributed by atoms with Crippen molar-refractivity contribution in [3.05, 3.63) is 36.5 Å². The molecule has 0 aliphatic carbocycles. The quantitative estimate of drug-likeness (QED) is 0.867. The number of rotatable bonds is 2. The number of aromatic nitrogens is 1. The van der Waals surface area contributed by atoms with Gasteiger partial charge in [0.15, 0.2) is 0 Å². The van der Waals surface area contributed by atoms with E-state index in [4.69, 9.17) is 5.11 Å². The summed E-state index contributed by atoms with van der Waals surface area (Å²) in [5.41, 5.74) is 1.93. The molecule has 2 N–H and O–H groups in total. The summed E-state index contributed by atoms with van der Waals surface area (Å²) in [6, 6.07) is 10.1. The van der Waals surface area contributed by atoms with Crippen molar-refractivity contribution in [2.24, 2.45) is 0 Å². The number of carboxylic acid groups (broad SMARTS) is 1. The van der Waals surface area contributed by atoms with Gasteiger partial charge < -0.3 is 15.3 Å². The Hall–Kier alpha value is -2.30. The summed E-state index contributed by atoms with van der Waals surface area (Å²) in [5, 5.41) is 13.4. The van der Waals surface area contributed by atoms with Crippen molar-refractivity contribution in [3.8, 4) is 0 Å². The molecule has 98 valence electrons. The zero-order valence-electron chi connectivity index (χ0n) is 10.4. The van der Waals surface area contributed by atoms with Crippen LogP contribution in [0.15, 0.2) is 36.5 Å². The van der Waals surface area contributed by atoms with Crippen LogP contribution in [0.4, 0.5) is 10.5 Å². The molecular weight excluding hydrogens is 242 g/mol. The lowest BCUT2D eigenvalue weighted by Gasteiger charge is -2.15. The van der Waals surface area contributed by atoms with Crippen molar-refractivity contribution >= 4 is 22.7 Å². The second-order valence-electron chi connectivity index (χ2n) is 4.77. The van der Waals surface area contributed by atoms with Gasteiger partial charge in [0, 0.05) is 36.4 Å². The summed E-state index contributed by atoms with van der Waals surface area (Å²) in [4.78, 5) is 16.6. The molecule has 0 radical (unpaired) electrons. The fourth-order valence-corrected chi connectivity index (χ4v) is 2.44. The topological polar surface area (TPSA) is 65.5 Å². The predicted octanol–water partition coefficient (Wildman–Crippen LogP) is 2.40. The van der Waals surface area contributed by atoms with E-state index in [1.807, 2.05) is 30.3 Å². The van der Waals surface area contributed by atoms with E-state index in [1.54, 1.807) is 6.20 Å². The molecule has 1 saturated heterocycles. The van der Waals surface area contributed by atoms with Crippen LogP contribution in [0.1, 0.15) is 6.42 Å². The number of carbonyl (C=O) groups is 1. The van der Waals surface area contributed by atoms with Crippen LogP contribution in [0.2, 0.25) is 0 Å². The summed E-state index contributed by atoms with van der Waals surface area (Å²) in [7, 11) is 0. The molecule has 0 bridgehead atoms. The van der Waals surface area contributed by atoms with Crippen LogP contribution in [0, 0.1) is 0 Å². The third kappa shape index (κ3) is 2.45. The predicted molar refractivity (Wildman–Crippen MR) is 73.4 cm³/mol. The SMILES string of the molecule is O=C(O)N1CCC(Nc2ccc3cccnc3c2)C1. The van der Waals surface area contributed by atoms with Crippen molar-refractivity contribution in [2.75, 3.05) is 18.4 Å². The molecule has 5 heteroatoms. The maximum atomic E-state index is 10.9. The molecule has 2 heterocycles. The summed E-state index contributed by atoms with van der Waals surface area (Å²) in [6.07, 6.45) is 1.77. The highest BCUT2D eigenvalue weighted by atomic mass is 16.4. The Morgan fingerprint density at radius 2 is 2.32 bits per heavy atom. The normalized spacial score (nSPS) is 18.7. The van der Waals surface area contributed by atoms with Gasteiger partial charge >= 0.3 is 6.09 Å². The number of hydrogen-bond donors (Lipinski definition) is 2. The standard InChI is InChI=1S/C14H15N3O2/c18-14(19)17-7-5-12(9-17)16-11-4-3-10-2-1-6-15-13(10)8-11/h1-4,6,8,12,16H,5,7,9H2,(H,18,19). The minimum atomic E-state index is -0.843. The average Bonchev–Trinajstić information content (AvgIpc) is 2.87. The molecule has 0 spiro atoms. The van der Waals surface area contributed by atoms with Gasteiger partial charge in [0.05, 0.1) is 5.52 Å². The lowest BCUT2D eigenvalue weighted by atomic mass is 10.2. The molecule has 1 aromatic carbocycles. The van der Waals surface area contributed by atoms with E-state index in [-0.39, 0.29) is 6.04 Å². The lowest BCUT2D eigenvalue weighted by Crippen LogP contribution is -2.30. The maximum absolute atomic E-state index is 10.9. The molecule has 2 aromatic rings. The lowest BCUT2D eigenvalue weighted by molar-refractivity contribution is 0.155. The Balaban J connectivity index is 1.73. The first kappa shape index (κ1) is 11.8. The summed E-state index contributed by atoms with van der Waals surface area (Å²) in [5.74, 6) is 0. The largest absolute Gasteiger partial charge is 0.465 e. The van der Waals surface area contributed by atoms with E-state index in [1.165, 1.54) is 4.90 Å². The number of amides is 1. The molecule has 5 nitrogen and oxygen atoms in total. The summed E-state index contributed by atoms with van der Waals surface area (Å²) >= 11 is 0. The summed E-state index contributed by atoms with van der Waals surface area (Å²) < 4.78 is 0. The number of benzene rings is 1. The highest BCUT2D eigenvalue weighted by Gasteiger charge is 2.25.